The summed E-state index contributed by atoms with van der Waals surface area (Å²) in [6.45, 7) is 9.02. The Bertz CT molecular complexity index is 822. The van der Waals surface area contributed by atoms with Gasteiger partial charge in [0.05, 0.1) is 21.9 Å². The minimum atomic E-state index is -0.537. The van der Waals surface area contributed by atoms with Crippen molar-refractivity contribution in [2.45, 2.75) is 40.7 Å². The summed E-state index contributed by atoms with van der Waals surface area (Å²) in [4.78, 5) is 28.3. The molecule has 1 amide bonds. The van der Waals surface area contributed by atoms with Gasteiger partial charge in [-0.25, -0.2) is 9.78 Å². The van der Waals surface area contributed by atoms with Gasteiger partial charge >= 0.3 is 5.97 Å². The number of aromatic nitrogens is 1. The fraction of sp³-hybridized carbons (Fsp3) is 0.412. The zero-order valence-electron chi connectivity index (χ0n) is 14.8. The van der Waals surface area contributed by atoms with Gasteiger partial charge in [0.1, 0.15) is 0 Å². The van der Waals surface area contributed by atoms with Gasteiger partial charge in [0.2, 0.25) is 5.91 Å². The number of rotatable bonds is 3. The first-order valence-corrected chi connectivity index (χ1v) is 9.03. The number of anilines is 1. The minimum Gasteiger partial charge on any atom is -0.459 e. The molecule has 2 N–H and O–H groups in total. The van der Waals surface area contributed by atoms with Crippen molar-refractivity contribution in [3.8, 4) is 0 Å². The summed E-state index contributed by atoms with van der Waals surface area (Å²) in [5, 5.41) is 6.28. The third kappa shape index (κ3) is 5.20. The quantitative estimate of drug-likeness (QED) is 0.625. The average molecular weight is 380 g/mol. The van der Waals surface area contributed by atoms with E-state index in [1.54, 1.807) is 52.8 Å². The molecule has 1 aromatic heterocycles. The van der Waals surface area contributed by atoms with Crippen LogP contribution in [0, 0.1) is 5.41 Å². The van der Waals surface area contributed by atoms with Crippen LogP contribution in [0.5, 0.6) is 0 Å². The number of hydrogen-bond donors (Lipinski definition) is 2. The Labute approximate surface area is 156 Å². The average Bonchev–Trinajstić information content (AvgIpc) is 2.86. The number of benzene rings is 1. The molecule has 0 aliphatic rings. The number of carbonyl (C=O) groups excluding carboxylic acids is 2. The first-order chi connectivity index (χ1) is 11.6. The summed E-state index contributed by atoms with van der Waals surface area (Å²) < 4.78 is 6.02. The molecule has 1 heterocycles. The molecule has 0 unspecified atom stereocenters. The first-order valence-electron chi connectivity index (χ1n) is 7.80. The molecule has 0 saturated heterocycles. The van der Waals surface area contributed by atoms with Gasteiger partial charge in [0, 0.05) is 5.41 Å². The van der Waals surface area contributed by atoms with Crippen LogP contribution in [0.25, 0.3) is 10.2 Å². The maximum atomic E-state index is 12.0. The number of fused-ring (bicyclic) bond motifs is 1. The van der Waals surface area contributed by atoms with Crippen molar-refractivity contribution in [1.29, 1.82) is 0 Å². The SMILES string of the molecule is CC(C)OC(=O)c1ccc2nc(NC(=S)NC(=O)C(C)(C)C)sc2c1. The van der Waals surface area contributed by atoms with Gasteiger partial charge in [-0.15, -0.1) is 0 Å². The molecule has 25 heavy (non-hydrogen) atoms. The van der Waals surface area contributed by atoms with Crippen LogP contribution < -0.4 is 10.6 Å². The van der Waals surface area contributed by atoms with Gasteiger partial charge in [-0.2, -0.15) is 0 Å². The number of thiocarbonyl (C=S) groups is 1. The minimum absolute atomic E-state index is 0.175. The monoisotopic (exact) mass is 379 g/mol. The molecule has 8 heteroatoms. The summed E-state index contributed by atoms with van der Waals surface area (Å²) in [5.41, 5.74) is 0.670. The molecule has 0 radical (unpaired) electrons. The van der Waals surface area contributed by atoms with E-state index < -0.39 is 5.41 Å². The number of ether oxygens (including phenoxy) is 1. The van der Waals surface area contributed by atoms with Crippen LogP contribution in [-0.4, -0.2) is 28.1 Å². The molecule has 0 spiro atoms. The second-order valence-corrected chi connectivity index (χ2v) is 8.25. The molecular weight excluding hydrogens is 358 g/mol. The Morgan fingerprint density at radius 3 is 2.56 bits per heavy atom. The summed E-state index contributed by atoms with van der Waals surface area (Å²) >= 11 is 6.49. The van der Waals surface area contributed by atoms with Crippen molar-refractivity contribution < 1.29 is 14.3 Å². The van der Waals surface area contributed by atoms with Crippen LogP contribution >= 0.6 is 23.6 Å². The molecule has 0 aliphatic carbocycles. The van der Waals surface area contributed by atoms with E-state index in [4.69, 9.17) is 17.0 Å². The highest BCUT2D eigenvalue weighted by atomic mass is 32.1. The molecule has 6 nitrogen and oxygen atoms in total. The van der Waals surface area contributed by atoms with Crippen molar-refractivity contribution in [2.75, 3.05) is 5.32 Å². The molecular formula is C17H21N3O3S2. The molecule has 134 valence electrons. The second-order valence-electron chi connectivity index (χ2n) is 6.81. The van der Waals surface area contributed by atoms with Gasteiger partial charge < -0.3 is 15.4 Å². The molecule has 1 aromatic carbocycles. The van der Waals surface area contributed by atoms with E-state index in [-0.39, 0.29) is 23.1 Å². The Morgan fingerprint density at radius 1 is 1.28 bits per heavy atom. The zero-order chi connectivity index (χ0) is 18.8. The lowest BCUT2D eigenvalue weighted by Crippen LogP contribution is -2.41. The zero-order valence-corrected chi connectivity index (χ0v) is 16.4. The Kier molecular flexibility index (Phi) is 5.74. The highest BCUT2D eigenvalue weighted by Crippen LogP contribution is 2.27. The van der Waals surface area contributed by atoms with Gasteiger partial charge in [-0.05, 0) is 44.3 Å². The molecule has 0 aliphatic heterocycles. The Balaban J connectivity index is 2.12. The predicted octanol–water partition coefficient (Wildman–Crippen LogP) is 3.72. The lowest BCUT2D eigenvalue weighted by molar-refractivity contribution is -0.126. The van der Waals surface area contributed by atoms with E-state index in [0.29, 0.717) is 10.7 Å². The predicted molar refractivity (Wildman–Crippen MR) is 104 cm³/mol. The number of carbonyl (C=O) groups is 2. The van der Waals surface area contributed by atoms with Crippen molar-refractivity contribution >= 4 is 55.9 Å². The lowest BCUT2D eigenvalue weighted by atomic mass is 9.96. The number of esters is 1. The molecule has 2 rings (SSSR count). The number of thiazole rings is 1. The fourth-order valence-corrected chi connectivity index (χ4v) is 2.97. The van der Waals surface area contributed by atoms with Crippen LogP contribution in [0.4, 0.5) is 5.13 Å². The standard InChI is InChI=1S/C17H21N3O3S2/c1-9(2)23-13(21)10-6-7-11-12(8-10)25-16(18-11)20-15(24)19-14(22)17(3,4)5/h6-9H,1-5H3,(H2,18,19,20,22,24). The molecule has 0 saturated carbocycles. The summed E-state index contributed by atoms with van der Waals surface area (Å²) in [6.07, 6.45) is -0.175. The van der Waals surface area contributed by atoms with E-state index in [1.807, 2.05) is 0 Å². The van der Waals surface area contributed by atoms with Crippen LogP contribution in [0.2, 0.25) is 0 Å². The van der Waals surface area contributed by atoms with Crippen LogP contribution in [0.1, 0.15) is 45.0 Å². The lowest BCUT2D eigenvalue weighted by Gasteiger charge is -2.17. The molecule has 0 bridgehead atoms. The molecule has 0 fully saturated rings. The normalized spacial score (nSPS) is 11.4. The van der Waals surface area contributed by atoms with Gasteiger partial charge in [0.25, 0.3) is 0 Å². The van der Waals surface area contributed by atoms with Crippen LogP contribution in [-0.2, 0) is 9.53 Å². The highest BCUT2D eigenvalue weighted by molar-refractivity contribution is 7.80. The fourth-order valence-electron chi connectivity index (χ4n) is 1.81. The summed E-state index contributed by atoms with van der Waals surface area (Å²) in [7, 11) is 0. The molecule has 2 aromatic rings. The number of nitrogens with zero attached hydrogens (tertiary/aromatic N) is 1. The van der Waals surface area contributed by atoms with E-state index >= 15 is 0 Å². The maximum Gasteiger partial charge on any atom is 0.338 e. The van der Waals surface area contributed by atoms with Crippen molar-refractivity contribution in [3.63, 3.8) is 0 Å². The van der Waals surface area contributed by atoms with Crippen molar-refractivity contribution in [2.24, 2.45) is 5.41 Å². The number of amides is 1. The van der Waals surface area contributed by atoms with E-state index in [0.717, 1.165) is 10.2 Å². The second kappa shape index (κ2) is 7.45. The van der Waals surface area contributed by atoms with E-state index in [2.05, 4.69) is 15.6 Å². The van der Waals surface area contributed by atoms with Gasteiger partial charge in [-0.1, -0.05) is 32.1 Å². The van der Waals surface area contributed by atoms with E-state index in [1.165, 1.54) is 11.3 Å². The highest BCUT2D eigenvalue weighted by Gasteiger charge is 2.22. The summed E-state index contributed by atoms with van der Waals surface area (Å²) in [5.74, 6) is -0.544. The van der Waals surface area contributed by atoms with Gasteiger partial charge in [0.15, 0.2) is 10.2 Å². The number of hydrogen-bond acceptors (Lipinski definition) is 6. The summed E-state index contributed by atoms with van der Waals surface area (Å²) in [6, 6.07) is 5.17. The third-order valence-electron chi connectivity index (χ3n) is 3.10. The van der Waals surface area contributed by atoms with Crippen molar-refractivity contribution in [1.82, 2.24) is 10.3 Å². The van der Waals surface area contributed by atoms with Crippen LogP contribution in [0.15, 0.2) is 18.2 Å². The number of nitrogens with one attached hydrogen (secondary N) is 2. The third-order valence-corrected chi connectivity index (χ3v) is 4.23. The van der Waals surface area contributed by atoms with E-state index in [9.17, 15) is 9.59 Å². The van der Waals surface area contributed by atoms with Crippen LogP contribution in [0.3, 0.4) is 0 Å². The topological polar surface area (TPSA) is 80.3 Å². The Morgan fingerprint density at radius 2 is 1.96 bits per heavy atom. The smallest absolute Gasteiger partial charge is 0.338 e. The maximum absolute atomic E-state index is 12.0. The van der Waals surface area contributed by atoms with Crippen molar-refractivity contribution in [3.05, 3.63) is 23.8 Å². The molecule has 0 atom stereocenters. The largest absolute Gasteiger partial charge is 0.459 e. The first kappa shape index (κ1) is 19.3. The van der Waals surface area contributed by atoms with Gasteiger partial charge in [-0.3, -0.25) is 4.79 Å². The Hall–Kier alpha value is -2.06.